The van der Waals surface area contributed by atoms with Gasteiger partial charge in [-0.15, -0.1) is 11.3 Å². The van der Waals surface area contributed by atoms with Crippen molar-refractivity contribution in [1.82, 2.24) is 4.90 Å². The van der Waals surface area contributed by atoms with Crippen LogP contribution >= 0.6 is 22.9 Å². The van der Waals surface area contributed by atoms with Crippen LogP contribution < -0.4 is 0 Å². The summed E-state index contributed by atoms with van der Waals surface area (Å²) in [5, 5.41) is 0. The minimum absolute atomic E-state index is 0.212. The number of rotatable bonds is 6. The average Bonchev–Trinajstić information content (AvgIpc) is 2.97. The van der Waals surface area contributed by atoms with Gasteiger partial charge in [-0.25, -0.2) is 0 Å². The Morgan fingerprint density at radius 2 is 2.11 bits per heavy atom. The molecule has 0 amide bonds. The highest BCUT2D eigenvalue weighted by molar-refractivity contribution is 7.18. The summed E-state index contributed by atoms with van der Waals surface area (Å²) in [6.07, 6.45) is 5.09. The second kappa shape index (κ2) is 6.87. The predicted octanol–water partition coefficient (Wildman–Crippen LogP) is 4.48. The smallest absolute Gasteiger partial charge is 0.186 e. The number of carbonyl (C=O) groups is 1. The van der Waals surface area contributed by atoms with Crippen LogP contribution in [0.3, 0.4) is 0 Å². The number of ketones is 1. The molecule has 1 aliphatic carbocycles. The van der Waals surface area contributed by atoms with Gasteiger partial charge in [0.15, 0.2) is 5.78 Å². The summed E-state index contributed by atoms with van der Waals surface area (Å²) >= 11 is 7.29. The molecule has 1 heterocycles. The highest BCUT2D eigenvalue weighted by Gasteiger charge is 2.25. The molecule has 0 aromatic carbocycles. The first-order chi connectivity index (χ1) is 9.06. The number of hydrogen-bond donors (Lipinski definition) is 0. The molecule has 0 aliphatic heterocycles. The Bertz CT molecular complexity index is 424. The van der Waals surface area contributed by atoms with Gasteiger partial charge in [-0.05, 0) is 30.9 Å². The molecular formula is C15H22ClNOS. The molecule has 1 aliphatic rings. The van der Waals surface area contributed by atoms with E-state index in [9.17, 15) is 4.79 Å². The number of Topliss-reactive ketones (excluding diaryl/α,β-unsaturated/α-hetero) is 1. The van der Waals surface area contributed by atoms with E-state index in [0.717, 1.165) is 11.4 Å². The molecule has 0 unspecified atom stereocenters. The summed E-state index contributed by atoms with van der Waals surface area (Å²) in [7, 11) is 0. The van der Waals surface area contributed by atoms with Crippen LogP contribution in [0.4, 0.5) is 0 Å². The van der Waals surface area contributed by atoms with E-state index in [0.29, 0.717) is 22.8 Å². The van der Waals surface area contributed by atoms with Crippen molar-refractivity contribution in [3.8, 4) is 0 Å². The maximum absolute atomic E-state index is 12.3. The summed E-state index contributed by atoms with van der Waals surface area (Å²) < 4.78 is 0.694. The molecule has 0 spiro atoms. The van der Waals surface area contributed by atoms with Crippen molar-refractivity contribution in [3.63, 3.8) is 0 Å². The van der Waals surface area contributed by atoms with Crippen LogP contribution in [0.15, 0.2) is 12.1 Å². The maximum Gasteiger partial charge on any atom is 0.186 e. The molecule has 0 radical (unpaired) electrons. The third-order valence-corrected chi connectivity index (χ3v) is 4.91. The second-order valence-corrected chi connectivity index (χ2v) is 7.50. The Morgan fingerprint density at radius 3 is 2.63 bits per heavy atom. The molecule has 106 valence electrons. The minimum atomic E-state index is 0.212. The first-order valence-corrected chi connectivity index (χ1v) is 8.28. The molecule has 0 saturated heterocycles. The summed E-state index contributed by atoms with van der Waals surface area (Å²) in [6, 6.07) is 4.25. The molecular weight excluding hydrogens is 278 g/mol. The van der Waals surface area contributed by atoms with E-state index in [2.05, 4.69) is 18.7 Å². The van der Waals surface area contributed by atoms with Crippen LogP contribution in [0.2, 0.25) is 4.34 Å². The molecule has 1 fully saturated rings. The van der Waals surface area contributed by atoms with Crippen molar-refractivity contribution in [3.05, 3.63) is 21.3 Å². The highest BCUT2D eigenvalue weighted by Crippen LogP contribution is 2.26. The molecule has 2 rings (SSSR count). The number of halogens is 1. The molecule has 19 heavy (non-hydrogen) atoms. The van der Waals surface area contributed by atoms with E-state index in [-0.39, 0.29) is 5.78 Å². The van der Waals surface area contributed by atoms with Gasteiger partial charge in [0.25, 0.3) is 0 Å². The Balaban J connectivity index is 2.00. The van der Waals surface area contributed by atoms with Crippen LogP contribution in [-0.2, 0) is 0 Å². The van der Waals surface area contributed by atoms with Gasteiger partial charge in [0, 0.05) is 12.6 Å². The molecule has 0 N–H and O–H groups in total. The van der Waals surface area contributed by atoms with Crippen molar-refractivity contribution in [2.45, 2.75) is 45.6 Å². The summed E-state index contributed by atoms with van der Waals surface area (Å²) in [6.45, 7) is 5.98. The van der Waals surface area contributed by atoms with E-state index < -0.39 is 0 Å². The minimum Gasteiger partial charge on any atom is -0.293 e. The van der Waals surface area contributed by atoms with Crippen LogP contribution in [-0.4, -0.2) is 29.8 Å². The van der Waals surface area contributed by atoms with Crippen LogP contribution in [0, 0.1) is 5.92 Å². The van der Waals surface area contributed by atoms with E-state index in [1.54, 1.807) is 0 Å². The van der Waals surface area contributed by atoms with Gasteiger partial charge < -0.3 is 0 Å². The van der Waals surface area contributed by atoms with Gasteiger partial charge in [-0.2, -0.15) is 0 Å². The highest BCUT2D eigenvalue weighted by atomic mass is 35.5. The molecule has 1 saturated carbocycles. The summed E-state index contributed by atoms with van der Waals surface area (Å²) in [4.78, 5) is 15.5. The van der Waals surface area contributed by atoms with Crippen LogP contribution in [0.5, 0.6) is 0 Å². The Morgan fingerprint density at radius 1 is 1.42 bits per heavy atom. The van der Waals surface area contributed by atoms with Gasteiger partial charge in [0.05, 0.1) is 15.8 Å². The third kappa shape index (κ3) is 4.30. The van der Waals surface area contributed by atoms with E-state index in [4.69, 9.17) is 11.6 Å². The fourth-order valence-electron chi connectivity index (χ4n) is 2.81. The van der Waals surface area contributed by atoms with Crippen molar-refractivity contribution in [2.24, 2.45) is 5.92 Å². The fraction of sp³-hybridized carbons (Fsp3) is 0.667. The third-order valence-electron chi connectivity index (χ3n) is 3.64. The van der Waals surface area contributed by atoms with E-state index in [1.165, 1.54) is 37.0 Å². The lowest BCUT2D eigenvalue weighted by molar-refractivity contribution is 0.0880. The number of nitrogens with zero attached hydrogens (tertiary/aromatic N) is 1. The lowest BCUT2D eigenvalue weighted by Gasteiger charge is -2.29. The summed E-state index contributed by atoms with van der Waals surface area (Å²) in [5.41, 5.74) is 0. The number of thiophene rings is 1. The standard InChI is InChI=1S/C15H22ClNOS/c1-11(2)9-17(12-5-3-4-6-12)10-13(18)14-7-8-15(16)19-14/h7-8,11-12H,3-6,9-10H2,1-2H3. The largest absolute Gasteiger partial charge is 0.293 e. The quantitative estimate of drug-likeness (QED) is 0.722. The average molecular weight is 300 g/mol. The predicted molar refractivity (Wildman–Crippen MR) is 82.3 cm³/mol. The van der Waals surface area contributed by atoms with Crippen molar-refractivity contribution >= 4 is 28.7 Å². The number of hydrogen-bond acceptors (Lipinski definition) is 3. The maximum atomic E-state index is 12.3. The van der Waals surface area contributed by atoms with Gasteiger partial charge in [-0.1, -0.05) is 38.3 Å². The lowest BCUT2D eigenvalue weighted by Crippen LogP contribution is -2.39. The molecule has 4 heteroatoms. The van der Waals surface area contributed by atoms with Crippen LogP contribution in [0.1, 0.15) is 49.2 Å². The van der Waals surface area contributed by atoms with Gasteiger partial charge in [0.1, 0.15) is 0 Å². The van der Waals surface area contributed by atoms with Crippen molar-refractivity contribution in [2.75, 3.05) is 13.1 Å². The van der Waals surface area contributed by atoms with Gasteiger partial charge in [0.2, 0.25) is 0 Å². The SMILES string of the molecule is CC(C)CN(CC(=O)c1ccc(Cl)s1)C1CCCC1. The fourth-order valence-corrected chi connectivity index (χ4v) is 3.78. The Hall–Kier alpha value is -0.380. The van der Waals surface area contributed by atoms with Gasteiger partial charge >= 0.3 is 0 Å². The molecule has 1 aromatic heterocycles. The zero-order valence-electron chi connectivity index (χ0n) is 11.7. The van der Waals surface area contributed by atoms with Crippen LogP contribution in [0.25, 0.3) is 0 Å². The Kier molecular flexibility index (Phi) is 5.43. The second-order valence-electron chi connectivity index (χ2n) is 5.79. The monoisotopic (exact) mass is 299 g/mol. The molecule has 1 aromatic rings. The van der Waals surface area contributed by atoms with E-state index in [1.807, 2.05) is 12.1 Å². The van der Waals surface area contributed by atoms with Crippen molar-refractivity contribution < 1.29 is 4.79 Å². The Labute approximate surface area is 124 Å². The zero-order valence-corrected chi connectivity index (χ0v) is 13.3. The molecule has 0 atom stereocenters. The summed E-state index contributed by atoms with van der Waals surface area (Å²) in [5.74, 6) is 0.810. The zero-order chi connectivity index (χ0) is 13.8. The topological polar surface area (TPSA) is 20.3 Å². The van der Waals surface area contributed by atoms with Crippen molar-refractivity contribution in [1.29, 1.82) is 0 Å². The lowest BCUT2D eigenvalue weighted by atomic mass is 10.1. The normalized spacial score (nSPS) is 16.7. The van der Waals surface area contributed by atoms with Gasteiger partial charge in [-0.3, -0.25) is 9.69 Å². The molecule has 2 nitrogen and oxygen atoms in total. The first-order valence-electron chi connectivity index (χ1n) is 7.09. The molecule has 0 bridgehead atoms. The first kappa shape index (κ1) is 15.0. The number of carbonyl (C=O) groups excluding carboxylic acids is 1. The van der Waals surface area contributed by atoms with E-state index >= 15 is 0 Å².